The normalized spacial score (nSPS) is 11.3. The third-order valence-corrected chi connectivity index (χ3v) is 4.16. The predicted octanol–water partition coefficient (Wildman–Crippen LogP) is 4.73. The van der Waals surface area contributed by atoms with Gasteiger partial charge in [0, 0.05) is 0 Å². The first-order valence-corrected chi connectivity index (χ1v) is 7.60. The van der Waals surface area contributed by atoms with Gasteiger partial charge in [0.05, 0.1) is 17.8 Å². The molecular weight excluding hydrogens is 332 g/mol. The van der Waals surface area contributed by atoms with Crippen molar-refractivity contribution in [3.05, 3.63) is 40.5 Å². The molecule has 0 radical (unpaired) electrons. The third kappa shape index (κ3) is 3.73. The molecule has 1 heterocycles. The van der Waals surface area contributed by atoms with E-state index < -0.39 is 0 Å². The van der Waals surface area contributed by atoms with Gasteiger partial charge in [0.15, 0.2) is 0 Å². The van der Waals surface area contributed by atoms with E-state index in [1.54, 1.807) is 13.3 Å². The summed E-state index contributed by atoms with van der Waals surface area (Å²) in [6.45, 7) is 6.64. The SMILES string of the molecule is CCC(C)(C)c1ccc(Oc2ncc(Br)c(OC)n2)cc1. The van der Waals surface area contributed by atoms with Crippen LogP contribution < -0.4 is 9.47 Å². The van der Waals surface area contributed by atoms with Crippen molar-refractivity contribution >= 4 is 15.9 Å². The van der Waals surface area contributed by atoms with Crippen LogP contribution in [0.2, 0.25) is 0 Å². The molecule has 0 bridgehead atoms. The highest BCUT2D eigenvalue weighted by Gasteiger charge is 2.17. The summed E-state index contributed by atoms with van der Waals surface area (Å²) in [6.07, 6.45) is 2.69. The van der Waals surface area contributed by atoms with Crippen LogP contribution in [0.5, 0.6) is 17.6 Å². The maximum Gasteiger partial charge on any atom is 0.325 e. The molecule has 0 saturated heterocycles. The molecule has 2 rings (SSSR count). The Balaban J connectivity index is 2.17. The van der Waals surface area contributed by atoms with Crippen molar-refractivity contribution in [2.24, 2.45) is 0 Å². The lowest BCUT2D eigenvalue weighted by molar-refractivity contribution is 0.373. The molecule has 0 aliphatic rings. The van der Waals surface area contributed by atoms with Gasteiger partial charge in [-0.05, 0) is 45.5 Å². The molecule has 0 amide bonds. The fourth-order valence-electron chi connectivity index (χ4n) is 1.81. The van der Waals surface area contributed by atoms with E-state index in [2.05, 4.69) is 58.8 Å². The lowest BCUT2D eigenvalue weighted by Crippen LogP contribution is -2.14. The summed E-state index contributed by atoms with van der Waals surface area (Å²) in [5.41, 5.74) is 1.45. The van der Waals surface area contributed by atoms with Crippen LogP contribution in [0.15, 0.2) is 34.9 Å². The highest BCUT2D eigenvalue weighted by Crippen LogP contribution is 2.30. The first kappa shape index (κ1) is 15.8. The number of hydrogen-bond acceptors (Lipinski definition) is 4. The van der Waals surface area contributed by atoms with Gasteiger partial charge >= 0.3 is 6.01 Å². The van der Waals surface area contributed by atoms with Crippen LogP contribution in [-0.4, -0.2) is 17.1 Å². The molecular formula is C16H19BrN2O2. The summed E-state index contributed by atoms with van der Waals surface area (Å²) in [5.74, 6) is 1.15. The summed E-state index contributed by atoms with van der Waals surface area (Å²) in [4.78, 5) is 8.28. The quantitative estimate of drug-likeness (QED) is 0.781. The smallest absolute Gasteiger partial charge is 0.325 e. The minimum atomic E-state index is 0.163. The van der Waals surface area contributed by atoms with E-state index >= 15 is 0 Å². The van der Waals surface area contributed by atoms with E-state index in [-0.39, 0.29) is 11.4 Å². The van der Waals surface area contributed by atoms with Gasteiger partial charge in [0.1, 0.15) is 5.75 Å². The molecule has 0 spiro atoms. The zero-order chi connectivity index (χ0) is 15.5. The fourth-order valence-corrected chi connectivity index (χ4v) is 2.17. The van der Waals surface area contributed by atoms with Gasteiger partial charge in [-0.3, -0.25) is 0 Å². The highest BCUT2D eigenvalue weighted by atomic mass is 79.9. The summed E-state index contributed by atoms with van der Waals surface area (Å²) in [7, 11) is 1.55. The maximum absolute atomic E-state index is 5.65. The first-order chi connectivity index (χ1) is 9.96. The maximum atomic E-state index is 5.65. The standard InChI is InChI=1S/C16H19BrN2O2/c1-5-16(2,3)11-6-8-12(9-7-11)21-15-18-10-13(17)14(19-15)20-4/h6-10H,5H2,1-4H3. The average Bonchev–Trinajstić information content (AvgIpc) is 2.49. The highest BCUT2D eigenvalue weighted by molar-refractivity contribution is 9.10. The zero-order valence-electron chi connectivity index (χ0n) is 12.7. The van der Waals surface area contributed by atoms with Gasteiger partial charge in [-0.25, -0.2) is 4.98 Å². The minimum Gasteiger partial charge on any atom is -0.480 e. The Kier molecular flexibility index (Phi) is 4.83. The Morgan fingerprint density at radius 3 is 2.43 bits per heavy atom. The molecule has 5 heteroatoms. The lowest BCUT2D eigenvalue weighted by Gasteiger charge is -2.23. The molecule has 0 aliphatic heterocycles. The van der Waals surface area contributed by atoms with E-state index in [9.17, 15) is 0 Å². The average molecular weight is 351 g/mol. The van der Waals surface area contributed by atoms with E-state index in [0.717, 1.165) is 6.42 Å². The van der Waals surface area contributed by atoms with Crippen LogP contribution in [-0.2, 0) is 5.41 Å². The van der Waals surface area contributed by atoms with Gasteiger partial charge in [-0.2, -0.15) is 4.98 Å². The van der Waals surface area contributed by atoms with E-state index in [1.807, 2.05) is 12.1 Å². The topological polar surface area (TPSA) is 44.2 Å². The van der Waals surface area contributed by atoms with Crippen LogP contribution in [0.3, 0.4) is 0 Å². The number of hydrogen-bond donors (Lipinski definition) is 0. The van der Waals surface area contributed by atoms with Crippen molar-refractivity contribution in [1.29, 1.82) is 0 Å². The van der Waals surface area contributed by atoms with Gasteiger partial charge in [0.25, 0.3) is 0 Å². The minimum absolute atomic E-state index is 0.163. The van der Waals surface area contributed by atoms with E-state index in [4.69, 9.17) is 9.47 Å². The number of aromatic nitrogens is 2. The summed E-state index contributed by atoms with van der Waals surface area (Å²) < 4.78 is 11.5. The van der Waals surface area contributed by atoms with Crippen LogP contribution in [0, 0.1) is 0 Å². The van der Waals surface area contributed by atoms with Crippen molar-refractivity contribution in [3.8, 4) is 17.6 Å². The Morgan fingerprint density at radius 2 is 1.86 bits per heavy atom. The molecule has 4 nitrogen and oxygen atoms in total. The van der Waals surface area contributed by atoms with Crippen molar-refractivity contribution in [2.75, 3.05) is 7.11 Å². The second-order valence-corrected chi connectivity index (χ2v) is 6.23. The van der Waals surface area contributed by atoms with Gasteiger partial charge in [-0.15, -0.1) is 0 Å². The number of rotatable bonds is 5. The van der Waals surface area contributed by atoms with Crippen LogP contribution in [0.4, 0.5) is 0 Å². The summed E-state index contributed by atoms with van der Waals surface area (Å²) in [6, 6.07) is 8.29. The van der Waals surface area contributed by atoms with Crippen LogP contribution in [0.1, 0.15) is 32.8 Å². The summed E-state index contributed by atoms with van der Waals surface area (Å²) in [5, 5.41) is 0. The molecule has 1 aromatic heterocycles. The van der Waals surface area contributed by atoms with Crippen LogP contribution in [0.25, 0.3) is 0 Å². The molecule has 21 heavy (non-hydrogen) atoms. The van der Waals surface area contributed by atoms with Gasteiger partial charge in [0.2, 0.25) is 5.88 Å². The molecule has 0 N–H and O–H groups in total. The van der Waals surface area contributed by atoms with Gasteiger partial charge in [-0.1, -0.05) is 32.9 Å². The van der Waals surface area contributed by atoms with E-state index in [1.165, 1.54) is 5.56 Å². The molecule has 0 atom stereocenters. The number of halogens is 1. The third-order valence-electron chi connectivity index (χ3n) is 3.61. The Hall–Kier alpha value is -1.62. The molecule has 2 aromatic rings. The lowest BCUT2D eigenvalue weighted by atomic mass is 9.82. The van der Waals surface area contributed by atoms with Crippen molar-refractivity contribution in [3.63, 3.8) is 0 Å². The number of ether oxygens (including phenoxy) is 2. The zero-order valence-corrected chi connectivity index (χ0v) is 14.3. The monoisotopic (exact) mass is 350 g/mol. The molecule has 1 aromatic carbocycles. The van der Waals surface area contributed by atoms with Crippen LogP contribution >= 0.6 is 15.9 Å². The predicted molar refractivity (Wildman–Crippen MR) is 86.1 cm³/mol. The number of nitrogens with zero attached hydrogens (tertiary/aromatic N) is 2. The molecule has 0 aliphatic carbocycles. The fraction of sp³-hybridized carbons (Fsp3) is 0.375. The van der Waals surface area contributed by atoms with Gasteiger partial charge < -0.3 is 9.47 Å². The molecule has 112 valence electrons. The first-order valence-electron chi connectivity index (χ1n) is 6.81. The van der Waals surface area contributed by atoms with E-state index in [0.29, 0.717) is 16.1 Å². The van der Waals surface area contributed by atoms with Crippen molar-refractivity contribution < 1.29 is 9.47 Å². The van der Waals surface area contributed by atoms with Crippen molar-refractivity contribution in [2.45, 2.75) is 32.6 Å². The molecule has 0 unspecified atom stereocenters. The second-order valence-electron chi connectivity index (χ2n) is 5.37. The number of methoxy groups -OCH3 is 1. The molecule has 0 saturated carbocycles. The van der Waals surface area contributed by atoms with Crippen molar-refractivity contribution in [1.82, 2.24) is 9.97 Å². The second kappa shape index (κ2) is 6.43. The Morgan fingerprint density at radius 1 is 1.19 bits per heavy atom. The Bertz CT molecular complexity index is 612. The largest absolute Gasteiger partial charge is 0.480 e. The number of benzene rings is 1. The summed E-state index contributed by atoms with van der Waals surface area (Å²) >= 11 is 3.31. The molecule has 0 fully saturated rings. The Labute approximate surface area is 133 Å².